The largest absolute Gasteiger partial charge is 0.379 e. The number of carbonyl (C=O) groups excluding carboxylic acids is 18. The highest BCUT2D eigenvalue weighted by atomic mass is 127. The van der Waals surface area contributed by atoms with E-state index >= 15 is 0 Å². The first-order valence-electron chi connectivity index (χ1n) is 47.8. The van der Waals surface area contributed by atoms with Crippen molar-refractivity contribution in [2.75, 3.05) is 102 Å². The predicted molar refractivity (Wildman–Crippen MR) is 545 cm³/mol. The molecule has 800 valence electrons. The Morgan fingerprint density at radius 2 is 0.607 bits per heavy atom. The zero-order valence-corrected chi connectivity index (χ0v) is 92.2. The molecule has 2 atom stereocenters. The van der Waals surface area contributed by atoms with E-state index in [2.05, 4.69) is 34.5 Å². The normalized spacial score (nSPS) is 14.4. The summed E-state index contributed by atoms with van der Waals surface area (Å²) in [5.74, 6) is -2.57. The molecule has 0 aromatic heterocycles. The minimum atomic E-state index is -4.59. The van der Waals surface area contributed by atoms with Gasteiger partial charge >= 0.3 is 0 Å². The second-order valence-corrected chi connectivity index (χ2v) is 47.5. The SMILES string of the molecule is C=CS(=O)(=O)CCCCCC(=O)C(C)(C)C.CC(C)(C)C(=O)C(CCCCN1C(=O)C=CC1=O)S(=O)(=O)O.CC(C)(C)C(=O)C(CCN1C(=O)C=CC1=O)S(=O)(=O)O.CC(C)(C)C(=O)CCCCCCC(=O)CCl.CC(C)(C)C(=O)CCCCCCC(=O)CI.CC(C)(C)C(=O)CCCCCN1C(=O)C=CC1=O.CC(C)(C)C(=O)CCOCCOCCOCCOCCNC(=O)CCN1C(=O)C=CC1=O. The van der Waals surface area contributed by atoms with Crippen LogP contribution >= 0.6 is 34.2 Å². The first-order chi connectivity index (χ1) is 64.4. The lowest BCUT2D eigenvalue weighted by atomic mass is 9.87. The van der Waals surface area contributed by atoms with Gasteiger partial charge in [0.2, 0.25) is 5.91 Å². The molecule has 3 N–H and O–H groups in total. The highest BCUT2D eigenvalue weighted by molar-refractivity contribution is 14.1. The lowest BCUT2D eigenvalue weighted by Gasteiger charge is -2.24. The number of nitrogens with one attached hydrogen (secondary N) is 1. The van der Waals surface area contributed by atoms with Crippen LogP contribution in [0.5, 0.6) is 0 Å². The Bertz CT molecular complexity index is 4420. The molecule has 140 heavy (non-hydrogen) atoms. The van der Waals surface area contributed by atoms with Crippen LogP contribution < -0.4 is 5.32 Å². The maximum atomic E-state index is 12.1. The van der Waals surface area contributed by atoms with E-state index in [1.807, 2.05) is 104 Å². The second kappa shape index (κ2) is 68.6. The number of rotatable bonds is 59. The summed E-state index contributed by atoms with van der Waals surface area (Å²) in [6.07, 6.45) is 26.5. The molecule has 9 amide bonds. The van der Waals surface area contributed by atoms with Gasteiger partial charge in [0.1, 0.15) is 51.0 Å². The third-order valence-electron chi connectivity index (χ3n) is 21.4. The summed E-state index contributed by atoms with van der Waals surface area (Å²) in [6, 6.07) is 0. The first kappa shape index (κ1) is 137. The third-order valence-corrected chi connectivity index (χ3v) is 26.2. The van der Waals surface area contributed by atoms with Crippen LogP contribution in [-0.4, -0.2) is 271 Å². The van der Waals surface area contributed by atoms with Crippen LogP contribution in [0.4, 0.5) is 0 Å². The van der Waals surface area contributed by atoms with E-state index < -0.39 is 98.4 Å². The van der Waals surface area contributed by atoms with Crippen LogP contribution in [0.15, 0.2) is 60.6 Å². The highest BCUT2D eigenvalue weighted by Gasteiger charge is 2.41. The molecule has 0 aromatic rings. The topological polar surface area (TPSA) is 512 Å². The van der Waals surface area contributed by atoms with E-state index in [4.69, 9.17) is 35.1 Å². The number of carbonyl (C=O) groups is 18. The molecule has 0 saturated carbocycles. The predicted octanol–water partition coefficient (Wildman–Crippen LogP) is 14.1. The van der Waals surface area contributed by atoms with Gasteiger partial charge in [-0.15, -0.1) is 11.6 Å². The average molecular weight is 2170 g/mol. The second-order valence-electron chi connectivity index (χ2n) is 41.2. The number of hydrogen-bond acceptors (Lipinski definition) is 28. The van der Waals surface area contributed by atoms with Gasteiger partial charge in [-0.25, -0.2) is 8.42 Å². The number of Topliss-reactive ketones (excluding diaryl/α,β-unsaturated/α-hetero) is 9. The molecular formula is C100H163ClIN5O30S3. The molecule has 0 aliphatic carbocycles. The molecule has 0 spiro atoms. The molecule has 35 nitrogen and oxygen atoms in total. The molecule has 0 radical (unpaired) electrons. The van der Waals surface area contributed by atoms with Crippen molar-refractivity contribution in [1.29, 1.82) is 0 Å². The van der Waals surface area contributed by atoms with Crippen molar-refractivity contribution in [3.63, 3.8) is 0 Å². The number of hydrogen-bond donors (Lipinski definition) is 3. The van der Waals surface area contributed by atoms with Gasteiger partial charge in [0.15, 0.2) is 21.4 Å². The molecular weight excluding hydrogens is 2010 g/mol. The number of unbranched alkanes of at least 4 members (excludes halogenated alkanes) is 11. The van der Waals surface area contributed by atoms with Crippen molar-refractivity contribution < 1.29 is 140 Å². The molecule has 0 aromatic carbocycles. The Hall–Kier alpha value is -7.61. The van der Waals surface area contributed by atoms with Crippen molar-refractivity contribution in [2.45, 2.75) is 323 Å². The molecule has 0 bridgehead atoms. The van der Waals surface area contributed by atoms with Crippen molar-refractivity contribution in [2.24, 2.45) is 37.9 Å². The molecule has 0 saturated heterocycles. The number of nitrogens with zero attached hydrogens (tertiary/aromatic N) is 4. The van der Waals surface area contributed by atoms with Gasteiger partial charge in [-0.3, -0.25) is 115 Å². The average Bonchev–Trinajstić information content (AvgIpc) is 0.955. The lowest BCUT2D eigenvalue weighted by molar-refractivity contribution is -0.139. The van der Waals surface area contributed by atoms with Gasteiger partial charge in [-0.1, -0.05) is 213 Å². The van der Waals surface area contributed by atoms with Gasteiger partial charge in [0, 0.05) is 176 Å². The minimum Gasteiger partial charge on any atom is -0.379 e. The molecule has 40 heteroatoms. The smallest absolute Gasteiger partial charge is 0.275 e. The maximum absolute atomic E-state index is 12.1. The summed E-state index contributed by atoms with van der Waals surface area (Å²) >= 11 is 7.49. The minimum absolute atomic E-state index is 0.0431. The monoisotopic (exact) mass is 2170 g/mol. The Labute approximate surface area is 851 Å². The van der Waals surface area contributed by atoms with E-state index in [1.54, 1.807) is 20.8 Å². The summed E-state index contributed by atoms with van der Waals surface area (Å²) in [4.78, 5) is 211. The molecule has 0 fully saturated rings. The number of sulfone groups is 1. The summed E-state index contributed by atoms with van der Waals surface area (Å²) in [6.45, 7) is 45.6. The number of alkyl halides is 2. The van der Waals surface area contributed by atoms with Crippen LogP contribution in [0.25, 0.3) is 0 Å². The number of amides is 9. The van der Waals surface area contributed by atoms with Crippen molar-refractivity contribution >= 4 is 169 Å². The standard InChI is InChI=1S/C22H36N2O8.C14H21NO6S.C14H21NO3.C13H23ClO2.C13H23IO2.C12H17NO6S.C12H22O3S/c1-22(2,3)18(25)7-10-29-12-14-31-16-17-32-15-13-30-11-8-23-19(26)6-9-24-20(27)4-5-21(24)28;1-14(2,3)13(18)10(22(19,20)21)6-4-5-9-15-11(16)7-8-12(15)17;1-14(2,3)11(16)7-5-4-6-10-15-12(17)8-9-13(15)18;2*1-13(2,3)12(16)9-7-5-4-6-8-11(15)10-14;1-12(2,3)11(16)8(20(17,18)19)6-7-13-9(14)4-5-10(13)15;1-5-16(14,15)10-8-6-7-9-11(13)12(2,3)4/h4-5H,6-17H2,1-3H3,(H,23,26);7-8,10H,4-6,9H2,1-3H3,(H,19,20,21);8-9H,4-7,10H2,1-3H3;2*4-10H2,1-3H3;4-5,8H,6-7H2,1-3H3,(H,17,18,19);5H,1,6-10H2,2-4H3. The van der Waals surface area contributed by atoms with Gasteiger partial charge in [-0.05, 0) is 77.0 Å². The molecule has 4 aliphatic rings. The van der Waals surface area contributed by atoms with Crippen molar-refractivity contribution in [3.05, 3.63) is 60.6 Å². The van der Waals surface area contributed by atoms with E-state index in [9.17, 15) is 116 Å². The van der Waals surface area contributed by atoms with Gasteiger partial charge < -0.3 is 24.3 Å². The molecule has 2 unspecified atom stereocenters. The van der Waals surface area contributed by atoms with Crippen molar-refractivity contribution in [3.8, 4) is 0 Å². The van der Waals surface area contributed by atoms with Crippen LogP contribution in [0.2, 0.25) is 0 Å². The lowest BCUT2D eigenvalue weighted by Crippen LogP contribution is -2.41. The van der Waals surface area contributed by atoms with E-state index in [0.717, 1.165) is 116 Å². The molecule has 4 aliphatic heterocycles. The van der Waals surface area contributed by atoms with Gasteiger partial charge in [-0.2, -0.15) is 16.8 Å². The quantitative estimate of drug-likeness (QED) is 0.0167. The summed E-state index contributed by atoms with van der Waals surface area (Å²) in [7, 11) is -12.1. The number of imide groups is 4. The Morgan fingerprint density at radius 3 is 0.907 bits per heavy atom. The van der Waals surface area contributed by atoms with Crippen LogP contribution in [0.1, 0.15) is 312 Å². The summed E-state index contributed by atoms with van der Waals surface area (Å²) < 4.78 is 108. The fourth-order valence-corrected chi connectivity index (χ4v) is 15.7. The van der Waals surface area contributed by atoms with Crippen LogP contribution in [-0.2, 0) is 135 Å². The number of ether oxygens (including phenoxy) is 4. The fourth-order valence-electron chi connectivity index (χ4n) is 12.3. The number of halogens is 2. The van der Waals surface area contributed by atoms with Gasteiger partial charge in [0.05, 0.1) is 68.9 Å². The zero-order valence-electron chi connectivity index (χ0n) is 86.9. The van der Waals surface area contributed by atoms with Crippen LogP contribution in [0, 0.1) is 37.9 Å². The Kier molecular flexibility index (Phi) is 66.9. The fraction of sp³-hybridized carbons (Fsp3) is 0.720. The Balaban J connectivity index is -0.00000159. The summed E-state index contributed by atoms with van der Waals surface area (Å²) in [5, 5.41) is 0.532. The first-order valence-corrected chi connectivity index (χ1v) is 54.5. The highest BCUT2D eigenvalue weighted by Crippen LogP contribution is 2.28. The molecule has 4 rings (SSSR count). The molecule has 4 heterocycles. The summed E-state index contributed by atoms with van der Waals surface area (Å²) in [5.41, 5.74) is -3.14. The van der Waals surface area contributed by atoms with Crippen LogP contribution in [0.3, 0.4) is 0 Å². The van der Waals surface area contributed by atoms with E-state index in [1.165, 1.54) is 62.1 Å². The van der Waals surface area contributed by atoms with E-state index in [-0.39, 0.29) is 118 Å². The van der Waals surface area contributed by atoms with E-state index in [0.29, 0.717) is 152 Å². The van der Waals surface area contributed by atoms with Crippen molar-refractivity contribution in [1.82, 2.24) is 24.9 Å². The maximum Gasteiger partial charge on any atom is 0.275 e. The number of ketones is 9. The zero-order chi connectivity index (χ0) is 108. The Morgan fingerprint density at radius 1 is 0.343 bits per heavy atom. The van der Waals surface area contributed by atoms with Gasteiger partial charge in [0.25, 0.3) is 67.5 Å². The third kappa shape index (κ3) is 64.9.